The molecule has 0 aromatic heterocycles. The van der Waals surface area contributed by atoms with Crippen molar-refractivity contribution in [3.8, 4) is 5.75 Å². The molecule has 0 radical (unpaired) electrons. The lowest BCUT2D eigenvalue weighted by molar-refractivity contribution is -0.118. The molecule has 8 heteroatoms. The van der Waals surface area contributed by atoms with Gasteiger partial charge in [-0.2, -0.15) is 0 Å². The van der Waals surface area contributed by atoms with Crippen LogP contribution in [0, 0.1) is 0 Å². The zero-order chi connectivity index (χ0) is 19.4. The number of amides is 2. The molecule has 0 aliphatic heterocycles. The van der Waals surface area contributed by atoms with Crippen LogP contribution < -0.4 is 15.4 Å². The highest BCUT2D eigenvalue weighted by atomic mass is 32.2. The molecule has 2 amide bonds. The van der Waals surface area contributed by atoms with Crippen molar-refractivity contribution in [3.05, 3.63) is 54.1 Å². The van der Waals surface area contributed by atoms with E-state index in [4.69, 9.17) is 4.74 Å². The summed E-state index contributed by atoms with van der Waals surface area (Å²) in [5, 5.41) is 5.57. The highest BCUT2D eigenvalue weighted by molar-refractivity contribution is 7.90. The van der Waals surface area contributed by atoms with Gasteiger partial charge in [-0.25, -0.2) is 8.42 Å². The number of carbonyl (C=O) groups excluding carboxylic acids is 2. The number of rotatable bonds is 7. The lowest BCUT2D eigenvalue weighted by Crippen LogP contribution is -2.25. The molecule has 0 saturated heterocycles. The number of benzene rings is 2. The number of hydrogen-bond donors (Lipinski definition) is 2. The largest absolute Gasteiger partial charge is 0.484 e. The topological polar surface area (TPSA) is 102 Å². The normalized spacial score (nSPS) is 13.7. The summed E-state index contributed by atoms with van der Waals surface area (Å²) >= 11 is 0. The Labute approximate surface area is 157 Å². The van der Waals surface area contributed by atoms with Crippen LogP contribution in [0.4, 0.5) is 5.69 Å². The molecule has 1 saturated carbocycles. The van der Waals surface area contributed by atoms with E-state index in [0.717, 1.165) is 19.1 Å². The summed E-state index contributed by atoms with van der Waals surface area (Å²) in [4.78, 5) is 24.3. The van der Waals surface area contributed by atoms with Crippen LogP contribution in [0.2, 0.25) is 0 Å². The van der Waals surface area contributed by atoms with Crippen LogP contribution in [0.3, 0.4) is 0 Å². The minimum absolute atomic E-state index is 0.157. The van der Waals surface area contributed by atoms with E-state index in [9.17, 15) is 18.0 Å². The summed E-state index contributed by atoms with van der Waals surface area (Å²) < 4.78 is 28.2. The number of ether oxygens (including phenoxy) is 1. The molecule has 0 heterocycles. The summed E-state index contributed by atoms with van der Waals surface area (Å²) in [6.45, 7) is -0.239. The zero-order valence-electron chi connectivity index (χ0n) is 14.8. The van der Waals surface area contributed by atoms with Crippen molar-refractivity contribution in [2.24, 2.45) is 0 Å². The van der Waals surface area contributed by atoms with Crippen molar-refractivity contribution in [1.29, 1.82) is 0 Å². The van der Waals surface area contributed by atoms with Gasteiger partial charge in [0.1, 0.15) is 5.75 Å². The van der Waals surface area contributed by atoms with Crippen molar-refractivity contribution in [2.75, 3.05) is 18.2 Å². The second kappa shape index (κ2) is 7.79. The Morgan fingerprint density at radius 2 is 1.81 bits per heavy atom. The third kappa shape index (κ3) is 5.55. The third-order valence-corrected chi connectivity index (χ3v) is 5.07. The van der Waals surface area contributed by atoms with E-state index in [0.29, 0.717) is 17.0 Å². The maximum atomic E-state index is 12.1. The molecule has 27 heavy (non-hydrogen) atoms. The van der Waals surface area contributed by atoms with E-state index in [1.165, 1.54) is 24.3 Å². The molecule has 3 rings (SSSR count). The van der Waals surface area contributed by atoms with Gasteiger partial charge in [-0.3, -0.25) is 9.59 Å². The van der Waals surface area contributed by atoms with E-state index in [1.54, 1.807) is 24.3 Å². The average molecular weight is 388 g/mol. The van der Waals surface area contributed by atoms with Gasteiger partial charge in [0.15, 0.2) is 16.4 Å². The van der Waals surface area contributed by atoms with E-state index in [-0.39, 0.29) is 29.4 Å². The summed E-state index contributed by atoms with van der Waals surface area (Å²) in [5.74, 6) is -0.159. The van der Waals surface area contributed by atoms with Crippen molar-refractivity contribution in [1.82, 2.24) is 5.32 Å². The number of nitrogens with one attached hydrogen (secondary N) is 2. The Morgan fingerprint density at radius 1 is 1.11 bits per heavy atom. The van der Waals surface area contributed by atoms with Crippen LogP contribution in [0.1, 0.15) is 23.2 Å². The first-order chi connectivity index (χ1) is 12.8. The Kier molecular flexibility index (Phi) is 5.46. The summed E-state index contributed by atoms with van der Waals surface area (Å²) in [6.07, 6.45) is 3.13. The first-order valence-electron chi connectivity index (χ1n) is 8.45. The molecule has 2 N–H and O–H groups in total. The molecule has 0 atom stereocenters. The summed E-state index contributed by atoms with van der Waals surface area (Å²) in [6, 6.07) is 12.8. The molecule has 0 spiro atoms. The minimum atomic E-state index is -3.27. The Balaban J connectivity index is 1.54. The monoisotopic (exact) mass is 388 g/mol. The van der Waals surface area contributed by atoms with Crippen LogP contribution in [-0.4, -0.2) is 39.1 Å². The average Bonchev–Trinajstić information content (AvgIpc) is 3.44. The predicted molar refractivity (Wildman–Crippen MR) is 101 cm³/mol. The van der Waals surface area contributed by atoms with Crippen molar-refractivity contribution in [2.45, 2.75) is 23.8 Å². The van der Waals surface area contributed by atoms with Gasteiger partial charge < -0.3 is 15.4 Å². The molecular weight excluding hydrogens is 368 g/mol. The Hall–Kier alpha value is -2.87. The highest BCUT2D eigenvalue weighted by Crippen LogP contribution is 2.20. The van der Waals surface area contributed by atoms with Gasteiger partial charge in [0.2, 0.25) is 0 Å². The fourth-order valence-corrected chi connectivity index (χ4v) is 2.99. The fraction of sp³-hybridized carbons (Fsp3) is 0.263. The molecule has 7 nitrogen and oxygen atoms in total. The Bertz CT molecular complexity index is 950. The molecule has 1 aliphatic rings. The van der Waals surface area contributed by atoms with Crippen molar-refractivity contribution in [3.63, 3.8) is 0 Å². The van der Waals surface area contributed by atoms with E-state index in [2.05, 4.69) is 10.6 Å². The molecule has 2 aromatic carbocycles. The summed E-state index contributed by atoms with van der Waals surface area (Å²) in [7, 11) is -3.27. The van der Waals surface area contributed by atoms with Gasteiger partial charge in [0, 0.05) is 23.5 Å². The molecule has 2 aromatic rings. The van der Waals surface area contributed by atoms with Gasteiger partial charge in [0.05, 0.1) is 4.90 Å². The Morgan fingerprint density at radius 3 is 2.44 bits per heavy atom. The predicted octanol–water partition coefficient (Wildman–Crippen LogP) is 2.00. The van der Waals surface area contributed by atoms with Crippen LogP contribution in [0.5, 0.6) is 5.75 Å². The van der Waals surface area contributed by atoms with Crippen LogP contribution in [-0.2, 0) is 14.6 Å². The second-order valence-electron chi connectivity index (χ2n) is 6.41. The van der Waals surface area contributed by atoms with Crippen LogP contribution >= 0.6 is 0 Å². The van der Waals surface area contributed by atoms with E-state index >= 15 is 0 Å². The van der Waals surface area contributed by atoms with Gasteiger partial charge in [0.25, 0.3) is 11.8 Å². The maximum absolute atomic E-state index is 12.1. The standard InChI is InChI=1S/C19H20N2O5S/c1-27(24,25)17-9-7-16(8-10-17)26-12-18(22)20-15-4-2-3-13(11-15)19(23)21-14-5-6-14/h2-4,7-11,14H,5-6,12H2,1H3,(H,20,22)(H,21,23). The number of hydrogen-bond acceptors (Lipinski definition) is 5. The number of sulfone groups is 1. The molecule has 1 aliphatic carbocycles. The van der Waals surface area contributed by atoms with Crippen LogP contribution in [0.15, 0.2) is 53.4 Å². The first kappa shape index (κ1) is 18.9. The third-order valence-electron chi connectivity index (χ3n) is 3.94. The number of carbonyl (C=O) groups is 2. The smallest absolute Gasteiger partial charge is 0.262 e. The minimum Gasteiger partial charge on any atom is -0.484 e. The van der Waals surface area contributed by atoms with Crippen LogP contribution in [0.25, 0.3) is 0 Å². The first-order valence-corrected chi connectivity index (χ1v) is 10.3. The van der Waals surface area contributed by atoms with Gasteiger partial charge in [-0.1, -0.05) is 6.07 Å². The van der Waals surface area contributed by atoms with Crippen molar-refractivity contribution < 1.29 is 22.7 Å². The molecule has 1 fully saturated rings. The second-order valence-corrected chi connectivity index (χ2v) is 8.42. The van der Waals surface area contributed by atoms with Gasteiger partial charge in [-0.15, -0.1) is 0 Å². The molecule has 142 valence electrons. The fourth-order valence-electron chi connectivity index (χ4n) is 2.36. The van der Waals surface area contributed by atoms with Crippen molar-refractivity contribution >= 4 is 27.3 Å². The maximum Gasteiger partial charge on any atom is 0.262 e. The lowest BCUT2D eigenvalue weighted by Gasteiger charge is -2.09. The highest BCUT2D eigenvalue weighted by Gasteiger charge is 2.23. The molecule has 0 unspecified atom stereocenters. The van der Waals surface area contributed by atoms with Gasteiger partial charge >= 0.3 is 0 Å². The number of anilines is 1. The van der Waals surface area contributed by atoms with E-state index in [1.807, 2.05) is 0 Å². The quantitative estimate of drug-likeness (QED) is 0.755. The van der Waals surface area contributed by atoms with E-state index < -0.39 is 9.84 Å². The summed E-state index contributed by atoms with van der Waals surface area (Å²) in [5.41, 5.74) is 0.983. The SMILES string of the molecule is CS(=O)(=O)c1ccc(OCC(=O)Nc2cccc(C(=O)NC3CC3)c2)cc1. The zero-order valence-corrected chi connectivity index (χ0v) is 15.6. The molecular formula is C19H20N2O5S. The molecule has 0 bridgehead atoms. The lowest BCUT2D eigenvalue weighted by atomic mass is 10.2. The van der Waals surface area contributed by atoms with Gasteiger partial charge in [-0.05, 0) is 55.3 Å².